The molecule has 5 nitrogen and oxygen atoms in total. The third-order valence-electron chi connectivity index (χ3n) is 4.80. The standard InChI is InChI=1S/C21H24N4O/c1-4-8-20-23-21(26-24-20)14(3)22-15-11-12-19-17(13-15)16-9-6-7-10-18(16)25(19)5-2/h6-7,9-14,22H,4-5,8H2,1-3H3/t14-/m0/s1. The van der Waals surface area contributed by atoms with Crippen molar-refractivity contribution in [2.45, 2.75) is 46.2 Å². The van der Waals surface area contributed by atoms with E-state index in [4.69, 9.17) is 4.52 Å². The summed E-state index contributed by atoms with van der Waals surface area (Å²) in [5.41, 5.74) is 3.59. The maximum Gasteiger partial charge on any atom is 0.248 e. The van der Waals surface area contributed by atoms with E-state index in [2.05, 4.69) is 76.3 Å². The van der Waals surface area contributed by atoms with Crippen LogP contribution < -0.4 is 5.32 Å². The Kier molecular flexibility index (Phi) is 4.37. The molecular weight excluding hydrogens is 324 g/mol. The second-order valence-corrected chi connectivity index (χ2v) is 6.66. The molecule has 0 radical (unpaired) electrons. The zero-order valence-corrected chi connectivity index (χ0v) is 15.5. The molecule has 0 aliphatic heterocycles. The highest BCUT2D eigenvalue weighted by molar-refractivity contribution is 6.09. The van der Waals surface area contributed by atoms with Crippen LogP contribution in [0.2, 0.25) is 0 Å². The highest BCUT2D eigenvalue weighted by atomic mass is 16.5. The van der Waals surface area contributed by atoms with E-state index in [-0.39, 0.29) is 6.04 Å². The van der Waals surface area contributed by atoms with Gasteiger partial charge in [0.15, 0.2) is 5.82 Å². The molecule has 0 amide bonds. The Morgan fingerprint density at radius 3 is 2.69 bits per heavy atom. The van der Waals surface area contributed by atoms with Gasteiger partial charge in [-0.1, -0.05) is 30.3 Å². The lowest BCUT2D eigenvalue weighted by molar-refractivity contribution is 0.362. The van der Waals surface area contributed by atoms with E-state index in [0.29, 0.717) is 5.89 Å². The van der Waals surface area contributed by atoms with E-state index in [1.165, 1.54) is 21.8 Å². The summed E-state index contributed by atoms with van der Waals surface area (Å²) < 4.78 is 7.76. The van der Waals surface area contributed by atoms with Crippen molar-refractivity contribution in [1.82, 2.24) is 14.7 Å². The summed E-state index contributed by atoms with van der Waals surface area (Å²) in [7, 11) is 0. The number of nitrogens with one attached hydrogen (secondary N) is 1. The Bertz CT molecular complexity index is 1050. The van der Waals surface area contributed by atoms with E-state index in [9.17, 15) is 0 Å². The van der Waals surface area contributed by atoms with Gasteiger partial charge in [-0.25, -0.2) is 0 Å². The number of fused-ring (bicyclic) bond motifs is 3. The highest BCUT2D eigenvalue weighted by Crippen LogP contribution is 2.31. The number of benzene rings is 2. The lowest BCUT2D eigenvalue weighted by Gasteiger charge is -2.11. The second kappa shape index (κ2) is 6.83. The van der Waals surface area contributed by atoms with Crippen molar-refractivity contribution < 1.29 is 4.52 Å². The first kappa shape index (κ1) is 16.6. The minimum absolute atomic E-state index is 0.0370. The molecule has 1 N–H and O–H groups in total. The number of aromatic nitrogens is 3. The number of nitrogens with zero attached hydrogens (tertiary/aromatic N) is 3. The highest BCUT2D eigenvalue weighted by Gasteiger charge is 2.15. The van der Waals surface area contributed by atoms with Crippen LogP contribution >= 0.6 is 0 Å². The Morgan fingerprint density at radius 2 is 1.88 bits per heavy atom. The van der Waals surface area contributed by atoms with Gasteiger partial charge in [-0.15, -0.1) is 0 Å². The topological polar surface area (TPSA) is 55.9 Å². The molecule has 0 saturated heterocycles. The van der Waals surface area contributed by atoms with E-state index >= 15 is 0 Å². The molecule has 2 aromatic heterocycles. The largest absolute Gasteiger partial charge is 0.374 e. The lowest BCUT2D eigenvalue weighted by Crippen LogP contribution is -2.07. The van der Waals surface area contributed by atoms with Crippen LogP contribution in [-0.4, -0.2) is 14.7 Å². The normalized spacial score (nSPS) is 12.7. The summed E-state index contributed by atoms with van der Waals surface area (Å²) in [5, 5.41) is 10.1. The van der Waals surface area contributed by atoms with Crippen molar-refractivity contribution in [3.63, 3.8) is 0 Å². The van der Waals surface area contributed by atoms with Crippen molar-refractivity contribution in [3.05, 3.63) is 54.2 Å². The van der Waals surface area contributed by atoms with Crippen LogP contribution in [0.5, 0.6) is 0 Å². The summed E-state index contributed by atoms with van der Waals surface area (Å²) >= 11 is 0. The fourth-order valence-corrected chi connectivity index (χ4v) is 3.56. The van der Waals surface area contributed by atoms with E-state index < -0.39 is 0 Å². The molecule has 5 heteroatoms. The molecule has 0 aliphatic rings. The predicted octanol–water partition coefficient (Wildman–Crippen LogP) is 5.32. The lowest BCUT2D eigenvalue weighted by atomic mass is 10.1. The maximum absolute atomic E-state index is 5.40. The van der Waals surface area contributed by atoms with Gasteiger partial charge in [0.05, 0.1) is 0 Å². The van der Waals surface area contributed by atoms with E-state index in [1.54, 1.807) is 0 Å². The maximum atomic E-state index is 5.40. The van der Waals surface area contributed by atoms with Gasteiger partial charge in [0.2, 0.25) is 5.89 Å². The molecule has 4 aromatic rings. The molecule has 0 fully saturated rings. The van der Waals surface area contributed by atoms with Gasteiger partial charge in [-0.05, 0) is 44.5 Å². The average Bonchev–Trinajstić information content (AvgIpc) is 3.24. The van der Waals surface area contributed by atoms with Crippen molar-refractivity contribution >= 4 is 27.5 Å². The van der Waals surface area contributed by atoms with Gasteiger partial charge in [0, 0.05) is 40.5 Å². The van der Waals surface area contributed by atoms with Crippen molar-refractivity contribution in [1.29, 1.82) is 0 Å². The van der Waals surface area contributed by atoms with Gasteiger partial charge in [-0.3, -0.25) is 0 Å². The summed E-state index contributed by atoms with van der Waals surface area (Å²) in [4.78, 5) is 4.48. The number of para-hydroxylation sites is 1. The molecule has 0 saturated carbocycles. The minimum atomic E-state index is -0.0370. The zero-order chi connectivity index (χ0) is 18.1. The second-order valence-electron chi connectivity index (χ2n) is 6.66. The molecule has 134 valence electrons. The molecule has 0 bridgehead atoms. The van der Waals surface area contributed by atoms with E-state index in [1.807, 2.05) is 6.92 Å². The number of hydrogen-bond acceptors (Lipinski definition) is 4. The third-order valence-corrected chi connectivity index (χ3v) is 4.80. The number of aryl methyl sites for hydroxylation is 2. The molecule has 26 heavy (non-hydrogen) atoms. The zero-order valence-electron chi connectivity index (χ0n) is 15.5. The summed E-state index contributed by atoms with van der Waals surface area (Å²) in [6, 6.07) is 15.0. The van der Waals surface area contributed by atoms with Crippen LogP contribution in [-0.2, 0) is 13.0 Å². The SMILES string of the molecule is CCCc1noc([C@H](C)Nc2ccc3c(c2)c2ccccc2n3CC)n1. The Labute approximate surface area is 153 Å². The first-order chi connectivity index (χ1) is 12.7. The third kappa shape index (κ3) is 2.83. The van der Waals surface area contributed by atoms with Gasteiger partial charge in [-0.2, -0.15) is 4.98 Å². The minimum Gasteiger partial charge on any atom is -0.374 e. The fourth-order valence-electron chi connectivity index (χ4n) is 3.56. The Balaban J connectivity index is 1.67. The van der Waals surface area contributed by atoms with Gasteiger partial charge in [0.1, 0.15) is 6.04 Å². The van der Waals surface area contributed by atoms with Crippen molar-refractivity contribution in [2.24, 2.45) is 0 Å². The van der Waals surface area contributed by atoms with E-state index in [0.717, 1.165) is 30.9 Å². The van der Waals surface area contributed by atoms with Crippen LogP contribution in [0.3, 0.4) is 0 Å². The molecule has 0 aliphatic carbocycles. The smallest absolute Gasteiger partial charge is 0.248 e. The monoisotopic (exact) mass is 348 g/mol. The molecular formula is C21H24N4O. The molecule has 0 unspecified atom stereocenters. The van der Waals surface area contributed by atoms with Crippen LogP contribution in [0.1, 0.15) is 44.9 Å². The summed E-state index contributed by atoms with van der Waals surface area (Å²) in [6.45, 7) is 7.29. The van der Waals surface area contributed by atoms with Crippen LogP contribution in [0.4, 0.5) is 5.69 Å². The number of rotatable bonds is 6. The summed E-state index contributed by atoms with van der Waals surface area (Å²) in [6.07, 6.45) is 1.86. The quantitative estimate of drug-likeness (QED) is 0.512. The molecule has 0 spiro atoms. The van der Waals surface area contributed by atoms with Gasteiger partial charge in [0.25, 0.3) is 0 Å². The average molecular weight is 348 g/mol. The summed E-state index contributed by atoms with van der Waals surface area (Å²) in [5.74, 6) is 1.40. The first-order valence-corrected chi connectivity index (χ1v) is 9.31. The van der Waals surface area contributed by atoms with Gasteiger partial charge < -0.3 is 14.4 Å². The predicted molar refractivity (Wildman–Crippen MR) is 105 cm³/mol. The molecule has 4 rings (SSSR count). The Morgan fingerprint density at radius 1 is 1.08 bits per heavy atom. The number of anilines is 1. The van der Waals surface area contributed by atoms with Crippen molar-refractivity contribution in [2.75, 3.05) is 5.32 Å². The first-order valence-electron chi connectivity index (χ1n) is 9.31. The number of hydrogen-bond donors (Lipinski definition) is 1. The molecule has 1 atom stereocenters. The fraction of sp³-hybridized carbons (Fsp3) is 0.333. The molecule has 2 heterocycles. The van der Waals surface area contributed by atoms with Crippen LogP contribution in [0, 0.1) is 0 Å². The van der Waals surface area contributed by atoms with Crippen LogP contribution in [0.15, 0.2) is 47.0 Å². The van der Waals surface area contributed by atoms with Crippen LogP contribution in [0.25, 0.3) is 21.8 Å². The van der Waals surface area contributed by atoms with Gasteiger partial charge >= 0.3 is 0 Å². The molecule has 2 aromatic carbocycles. The van der Waals surface area contributed by atoms with Crippen molar-refractivity contribution in [3.8, 4) is 0 Å². The Hall–Kier alpha value is -2.82.